The highest BCUT2D eigenvalue weighted by molar-refractivity contribution is 6.08. The maximum absolute atomic E-state index is 12.0. The second-order valence-corrected chi connectivity index (χ2v) is 4.65. The number of hydrogen-bond acceptors (Lipinski definition) is 5. The smallest absolute Gasteiger partial charge is 0.328 e. The largest absolute Gasteiger partial charge is 0.480 e. The fraction of sp³-hybridized carbons (Fsp3) is 0.636. The lowest BCUT2D eigenvalue weighted by molar-refractivity contribution is -0.143. The van der Waals surface area contributed by atoms with E-state index in [2.05, 4.69) is 5.32 Å². The van der Waals surface area contributed by atoms with Crippen molar-refractivity contribution in [3.63, 3.8) is 0 Å². The lowest BCUT2D eigenvalue weighted by atomic mass is 9.99. The van der Waals surface area contributed by atoms with Gasteiger partial charge in [-0.05, 0) is 13.3 Å². The van der Waals surface area contributed by atoms with Crippen LogP contribution in [-0.2, 0) is 14.4 Å². The molecule has 0 spiro atoms. The van der Waals surface area contributed by atoms with Crippen LogP contribution in [0, 0.1) is 0 Å². The molecule has 1 rings (SSSR count). The third kappa shape index (κ3) is 3.05. The third-order valence-electron chi connectivity index (χ3n) is 3.17. The molecular formula is C11H17N3O6. The van der Waals surface area contributed by atoms with Crippen molar-refractivity contribution >= 4 is 23.8 Å². The molecule has 9 nitrogen and oxygen atoms in total. The molecule has 0 aromatic heterocycles. The standard InChI is InChI=1S/C11H17N3O6/c1-3-11(2)9(19)14(10(20)13-11)4-7(16)12-6(5-15)8(17)18/h6,15H,3-5H2,1-2H3,(H,12,16)(H,13,20)(H,17,18)/t6-,11?/m0/s1. The molecule has 2 atom stereocenters. The molecule has 1 unspecified atom stereocenters. The molecule has 1 fully saturated rings. The maximum atomic E-state index is 12.0. The molecule has 4 N–H and O–H groups in total. The Labute approximate surface area is 114 Å². The fourth-order valence-corrected chi connectivity index (χ4v) is 1.70. The minimum Gasteiger partial charge on any atom is -0.480 e. The van der Waals surface area contributed by atoms with Gasteiger partial charge in [0.2, 0.25) is 5.91 Å². The molecule has 0 aliphatic carbocycles. The Hall–Kier alpha value is -2.16. The van der Waals surface area contributed by atoms with Gasteiger partial charge in [0.1, 0.15) is 18.1 Å². The first-order valence-electron chi connectivity index (χ1n) is 6.02. The molecule has 0 saturated carbocycles. The Morgan fingerprint density at radius 3 is 2.45 bits per heavy atom. The van der Waals surface area contributed by atoms with E-state index in [1.165, 1.54) is 0 Å². The molecule has 0 aromatic rings. The van der Waals surface area contributed by atoms with Gasteiger partial charge >= 0.3 is 12.0 Å². The van der Waals surface area contributed by atoms with E-state index in [-0.39, 0.29) is 0 Å². The molecule has 0 radical (unpaired) electrons. The van der Waals surface area contributed by atoms with Crippen molar-refractivity contribution in [1.82, 2.24) is 15.5 Å². The second kappa shape index (κ2) is 5.87. The number of carboxylic acid groups (broad SMARTS) is 1. The van der Waals surface area contributed by atoms with Crippen LogP contribution < -0.4 is 10.6 Å². The molecule has 1 aliphatic rings. The summed E-state index contributed by atoms with van der Waals surface area (Å²) in [5, 5.41) is 21.9. The maximum Gasteiger partial charge on any atom is 0.328 e. The zero-order chi connectivity index (χ0) is 15.5. The predicted octanol–water partition coefficient (Wildman–Crippen LogP) is -1.73. The highest BCUT2D eigenvalue weighted by Crippen LogP contribution is 2.20. The van der Waals surface area contributed by atoms with E-state index < -0.39 is 48.5 Å². The van der Waals surface area contributed by atoms with Crippen LogP contribution >= 0.6 is 0 Å². The van der Waals surface area contributed by atoms with Gasteiger partial charge in [-0.3, -0.25) is 14.5 Å². The number of aliphatic carboxylic acids is 1. The molecule has 20 heavy (non-hydrogen) atoms. The van der Waals surface area contributed by atoms with Crippen LogP contribution in [0.2, 0.25) is 0 Å². The average Bonchev–Trinajstić information content (AvgIpc) is 2.60. The Morgan fingerprint density at radius 2 is 2.05 bits per heavy atom. The van der Waals surface area contributed by atoms with Crippen LogP contribution in [0.1, 0.15) is 20.3 Å². The third-order valence-corrected chi connectivity index (χ3v) is 3.17. The van der Waals surface area contributed by atoms with Crippen molar-refractivity contribution in [2.45, 2.75) is 31.8 Å². The first-order chi connectivity index (χ1) is 9.25. The summed E-state index contributed by atoms with van der Waals surface area (Å²) < 4.78 is 0. The highest BCUT2D eigenvalue weighted by atomic mass is 16.4. The molecule has 1 heterocycles. The molecule has 4 amide bonds. The number of carboxylic acids is 1. The Kier molecular flexibility index (Phi) is 4.66. The summed E-state index contributed by atoms with van der Waals surface area (Å²) in [5.74, 6) is -2.79. The molecule has 112 valence electrons. The Balaban J connectivity index is 2.69. The number of aliphatic hydroxyl groups is 1. The first-order valence-corrected chi connectivity index (χ1v) is 6.02. The number of carbonyl (C=O) groups excluding carboxylic acids is 3. The second-order valence-electron chi connectivity index (χ2n) is 4.65. The van der Waals surface area contributed by atoms with Crippen LogP contribution in [0.4, 0.5) is 4.79 Å². The number of nitrogens with one attached hydrogen (secondary N) is 2. The quantitative estimate of drug-likeness (QED) is 0.428. The van der Waals surface area contributed by atoms with Gasteiger partial charge in [0.25, 0.3) is 5.91 Å². The van der Waals surface area contributed by atoms with E-state index in [0.717, 1.165) is 4.90 Å². The zero-order valence-electron chi connectivity index (χ0n) is 11.2. The minimum atomic E-state index is -1.47. The molecule has 0 aromatic carbocycles. The van der Waals surface area contributed by atoms with E-state index >= 15 is 0 Å². The first kappa shape index (κ1) is 15.9. The van der Waals surface area contributed by atoms with Crippen molar-refractivity contribution in [3.8, 4) is 0 Å². The number of amides is 4. The predicted molar refractivity (Wildman–Crippen MR) is 65.6 cm³/mol. The fourth-order valence-electron chi connectivity index (χ4n) is 1.70. The lowest BCUT2D eigenvalue weighted by Crippen LogP contribution is -2.49. The number of hydrogen-bond donors (Lipinski definition) is 4. The summed E-state index contributed by atoms with van der Waals surface area (Å²) in [6, 6.07) is -2.17. The monoisotopic (exact) mass is 287 g/mol. The van der Waals surface area contributed by atoms with Crippen molar-refractivity contribution in [2.24, 2.45) is 0 Å². The van der Waals surface area contributed by atoms with Gasteiger partial charge in [-0.2, -0.15) is 0 Å². The van der Waals surface area contributed by atoms with Gasteiger partial charge in [0, 0.05) is 0 Å². The molecule has 1 saturated heterocycles. The SMILES string of the molecule is CCC1(C)NC(=O)N(CC(=O)N[C@@H](CO)C(=O)O)C1=O. The number of aliphatic hydroxyl groups excluding tert-OH is 1. The molecular weight excluding hydrogens is 270 g/mol. The minimum absolute atomic E-state index is 0.365. The van der Waals surface area contributed by atoms with Crippen molar-refractivity contribution in [2.75, 3.05) is 13.2 Å². The average molecular weight is 287 g/mol. The summed E-state index contributed by atoms with van der Waals surface area (Å²) in [6.07, 6.45) is 0.365. The summed E-state index contributed by atoms with van der Waals surface area (Å²) in [5.41, 5.74) is -1.06. The van der Waals surface area contributed by atoms with E-state index in [1.54, 1.807) is 13.8 Å². The van der Waals surface area contributed by atoms with Crippen LogP contribution in [0.15, 0.2) is 0 Å². The lowest BCUT2D eigenvalue weighted by Gasteiger charge is -2.19. The van der Waals surface area contributed by atoms with Crippen LogP contribution in [0.5, 0.6) is 0 Å². The molecule has 0 bridgehead atoms. The van der Waals surface area contributed by atoms with Gasteiger partial charge in [-0.25, -0.2) is 9.59 Å². The Morgan fingerprint density at radius 1 is 1.45 bits per heavy atom. The van der Waals surface area contributed by atoms with Gasteiger partial charge in [-0.1, -0.05) is 6.92 Å². The van der Waals surface area contributed by atoms with E-state index in [1.807, 2.05) is 5.32 Å². The summed E-state index contributed by atoms with van der Waals surface area (Å²) in [4.78, 5) is 46.6. The zero-order valence-corrected chi connectivity index (χ0v) is 11.2. The highest BCUT2D eigenvalue weighted by Gasteiger charge is 2.47. The van der Waals surface area contributed by atoms with Crippen LogP contribution in [-0.4, -0.2) is 63.7 Å². The van der Waals surface area contributed by atoms with Crippen molar-refractivity contribution in [3.05, 3.63) is 0 Å². The number of urea groups is 1. The Bertz CT molecular complexity index is 451. The van der Waals surface area contributed by atoms with Crippen molar-refractivity contribution in [1.29, 1.82) is 0 Å². The van der Waals surface area contributed by atoms with Gasteiger partial charge in [0.15, 0.2) is 0 Å². The number of nitrogens with zero attached hydrogens (tertiary/aromatic N) is 1. The van der Waals surface area contributed by atoms with Gasteiger partial charge in [0.05, 0.1) is 6.61 Å². The van der Waals surface area contributed by atoms with Crippen molar-refractivity contribution < 1.29 is 29.4 Å². The van der Waals surface area contributed by atoms with E-state index in [0.29, 0.717) is 6.42 Å². The summed E-state index contributed by atoms with van der Waals surface area (Å²) in [6.45, 7) is 1.88. The van der Waals surface area contributed by atoms with Gasteiger partial charge in [-0.15, -0.1) is 0 Å². The molecule has 1 aliphatic heterocycles. The summed E-state index contributed by atoms with van der Waals surface area (Å²) in [7, 11) is 0. The number of rotatable bonds is 6. The number of imide groups is 1. The summed E-state index contributed by atoms with van der Waals surface area (Å²) >= 11 is 0. The number of carbonyl (C=O) groups is 4. The molecule has 9 heteroatoms. The van der Waals surface area contributed by atoms with Crippen LogP contribution in [0.3, 0.4) is 0 Å². The topological polar surface area (TPSA) is 136 Å². The van der Waals surface area contributed by atoms with Crippen LogP contribution in [0.25, 0.3) is 0 Å². The van der Waals surface area contributed by atoms with E-state index in [9.17, 15) is 19.2 Å². The van der Waals surface area contributed by atoms with Gasteiger partial charge < -0.3 is 20.8 Å². The van der Waals surface area contributed by atoms with E-state index in [4.69, 9.17) is 10.2 Å². The normalized spacial score (nSPS) is 23.4.